The molecule has 2 aromatic carbocycles. The number of aromatic nitrogens is 4. The fraction of sp³-hybridized carbons (Fsp3) is 0.0952. The van der Waals surface area contributed by atoms with E-state index in [-0.39, 0.29) is 22.0 Å². The van der Waals surface area contributed by atoms with Gasteiger partial charge < -0.3 is 4.74 Å². The molecule has 8 nitrogen and oxygen atoms in total. The molecule has 12 heteroatoms. The third-order valence-electron chi connectivity index (χ3n) is 4.50. The van der Waals surface area contributed by atoms with E-state index in [1.54, 1.807) is 12.1 Å². The molecule has 0 amide bonds. The molecule has 0 atom stereocenters. The number of ether oxygens (including phenoxy) is 1. The first-order chi connectivity index (χ1) is 15.5. The number of rotatable bonds is 5. The molecule has 4 rings (SSSR count). The highest BCUT2D eigenvalue weighted by Crippen LogP contribution is 2.26. The predicted molar refractivity (Wildman–Crippen MR) is 112 cm³/mol. The molecular formula is C21H15F3N4O4S. The summed E-state index contributed by atoms with van der Waals surface area (Å²) in [6, 6.07) is 13.9. The largest absolute Gasteiger partial charge is 0.573 e. The fourth-order valence-corrected chi connectivity index (χ4v) is 3.75. The summed E-state index contributed by atoms with van der Waals surface area (Å²) in [7, 11) is -3.46. The van der Waals surface area contributed by atoms with Crippen LogP contribution in [0.1, 0.15) is 0 Å². The summed E-state index contributed by atoms with van der Waals surface area (Å²) >= 11 is 0. The maximum absolute atomic E-state index is 12.6. The molecule has 0 spiro atoms. The molecule has 0 aliphatic heterocycles. The van der Waals surface area contributed by atoms with Gasteiger partial charge in [0.25, 0.3) is 0 Å². The molecule has 0 unspecified atom stereocenters. The van der Waals surface area contributed by atoms with Crippen LogP contribution in [-0.4, -0.2) is 40.6 Å². The van der Waals surface area contributed by atoms with Gasteiger partial charge in [0.1, 0.15) is 5.75 Å². The molecule has 0 aliphatic carbocycles. The van der Waals surface area contributed by atoms with Gasteiger partial charge in [0.2, 0.25) is 5.43 Å². The van der Waals surface area contributed by atoms with E-state index >= 15 is 0 Å². The van der Waals surface area contributed by atoms with Gasteiger partial charge in [0.15, 0.2) is 15.5 Å². The van der Waals surface area contributed by atoms with Crippen LogP contribution in [0, 0.1) is 0 Å². The highest BCUT2D eigenvalue weighted by molar-refractivity contribution is 7.90. The molecule has 0 saturated heterocycles. The Kier molecular flexibility index (Phi) is 5.54. The summed E-state index contributed by atoms with van der Waals surface area (Å²) in [4.78, 5) is 12.7. The van der Waals surface area contributed by atoms with Crippen molar-refractivity contribution in [1.29, 1.82) is 0 Å². The van der Waals surface area contributed by atoms with Crippen LogP contribution in [0.3, 0.4) is 0 Å². The number of hydrogen-bond donors (Lipinski definition) is 0. The topological polar surface area (TPSA) is 96.1 Å². The van der Waals surface area contributed by atoms with Gasteiger partial charge in [0, 0.05) is 24.6 Å². The number of alkyl halides is 3. The predicted octanol–water partition coefficient (Wildman–Crippen LogP) is 3.39. The molecular weight excluding hydrogens is 461 g/mol. The monoisotopic (exact) mass is 476 g/mol. The van der Waals surface area contributed by atoms with Crippen LogP contribution >= 0.6 is 0 Å². The van der Waals surface area contributed by atoms with Gasteiger partial charge in [-0.2, -0.15) is 10.2 Å². The summed E-state index contributed by atoms with van der Waals surface area (Å²) in [5.41, 5.74) is 0.327. The minimum absolute atomic E-state index is 0.0399. The highest BCUT2D eigenvalue weighted by atomic mass is 32.2. The third-order valence-corrected chi connectivity index (χ3v) is 5.61. The molecule has 0 N–H and O–H groups in total. The average molecular weight is 476 g/mol. The van der Waals surface area contributed by atoms with Crippen LogP contribution in [0.4, 0.5) is 13.2 Å². The Morgan fingerprint density at radius 2 is 1.70 bits per heavy atom. The van der Waals surface area contributed by atoms with Gasteiger partial charge in [-0.25, -0.2) is 17.8 Å². The zero-order valence-corrected chi connectivity index (χ0v) is 17.7. The minimum atomic E-state index is -4.86. The Balaban J connectivity index is 1.79. The van der Waals surface area contributed by atoms with Crippen LogP contribution in [0.5, 0.6) is 5.75 Å². The van der Waals surface area contributed by atoms with Gasteiger partial charge in [-0.1, -0.05) is 12.1 Å². The average Bonchev–Trinajstić information content (AvgIpc) is 3.22. The summed E-state index contributed by atoms with van der Waals surface area (Å²) in [5, 5.41) is 8.42. The van der Waals surface area contributed by atoms with E-state index in [1.807, 2.05) is 0 Å². The summed E-state index contributed by atoms with van der Waals surface area (Å²) in [6.45, 7) is 0. The first-order valence-electron chi connectivity index (χ1n) is 9.32. The lowest BCUT2D eigenvalue weighted by Gasteiger charge is -2.12. The molecule has 0 bridgehead atoms. The first kappa shape index (κ1) is 22.3. The van der Waals surface area contributed by atoms with Crippen molar-refractivity contribution in [2.24, 2.45) is 0 Å². The highest BCUT2D eigenvalue weighted by Gasteiger charge is 2.31. The maximum atomic E-state index is 12.6. The lowest BCUT2D eigenvalue weighted by Crippen LogP contribution is -2.17. The number of sulfone groups is 1. The molecule has 2 heterocycles. The van der Waals surface area contributed by atoms with Crippen molar-refractivity contribution < 1.29 is 26.3 Å². The molecule has 0 radical (unpaired) electrons. The summed E-state index contributed by atoms with van der Waals surface area (Å²) in [6.07, 6.45) is -1.03. The zero-order chi connectivity index (χ0) is 23.8. The third kappa shape index (κ3) is 4.95. The van der Waals surface area contributed by atoms with Gasteiger partial charge in [-0.15, -0.1) is 13.2 Å². The van der Waals surface area contributed by atoms with E-state index in [0.717, 1.165) is 18.4 Å². The molecule has 0 saturated carbocycles. The number of benzene rings is 2. The molecule has 2 aromatic heterocycles. The number of hydrogen-bond acceptors (Lipinski definition) is 6. The van der Waals surface area contributed by atoms with E-state index in [0.29, 0.717) is 5.69 Å². The maximum Gasteiger partial charge on any atom is 0.573 e. The van der Waals surface area contributed by atoms with Crippen molar-refractivity contribution in [3.63, 3.8) is 0 Å². The lowest BCUT2D eigenvalue weighted by molar-refractivity contribution is -0.274. The van der Waals surface area contributed by atoms with Gasteiger partial charge >= 0.3 is 6.36 Å². The van der Waals surface area contributed by atoms with E-state index in [2.05, 4.69) is 14.9 Å². The Bertz CT molecular complexity index is 1490. The lowest BCUT2D eigenvalue weighted by atomic mass is 10.2. The molecule has 33 heavy (non-hydrogen) atoms. The quantitative estimate of drug-likeness (QED) is 0.438. The zero-order valence-electron chi connectivity index (χ0n) is 16.9. The van der Waals surface area contributed by atoms with Crippen molar-refractivity contribution in [1.82, 2.24) is 19.6 Å². The first-order valence-corrected chi connectivity index (χ1v) is 11.2. The SMILES string of the molecule is CS(=O)(=O)c1cccc(-n2ccc(=O)c(-c3ccnn3-c3cccc(OC(F)(F)F)c3)n2)c1. The Labute approximate surface area is 185 Å². The second kappa shape index (κ2) is 8.20. The van der Waals surface area contributed by atoms with Crippen LogP contribution in [0.25, 0.3) is 22.8 Å². The second-order valence-electron chi connectivity index (χ2n) is 6.92. The summed E-state index contributed by atoms with van der Waals surface area (Å²) < 4.78 is 68.0. The van der Waals surface area contributed by atoms with Crippen LogP contribution in [-0.2, 0) is 9.84 Å². The van der Waals surface area contributed by atoms with Gasteiger partial charge in [-0.3, -0.25) is 4.79 Å². The van der Waals surface area contributed by atoms with E-state index in [1.165, 1.54) is 58.2 Å². The Morgan fingerprint density at radius 3 is 2.42 bits per heavy atom. The Morgan fingerprint density at radius 1 is 0.970 bits per heavy atom. The molecule has 0 aliphatic rings. The van der Waals surface area contributed by atoms with E-state index in [9.17, 15) is 26.4 Å². The molecule has 4 aromatic rings. The standard InChI is InChI=1S/C21H15F3N4O4S/c1-33(30,31)17-7-3-4-14(13-17)27-11-9-19(29)20(26-27)18-8-10-25-28(18)15-5-2-6-16(12-15)32-21(22,23)24/h2-13H,1H3. The molecule has 170 valence electrons. The molecule has 0 fully saturated rings. The van der Waals surface area contributed by atoms with Crippen molar-refractivity contribution in [3.05, 3.63) is 83.3 Å². The number of nitrogens with zero attached hydrogens (tertiary/aromatic N) is 4. The van der Waals surface area contributed by atoms with Crippen molar-refractivity contribution in [2.45, 2.75) is 11.3 Å². The fourth-order valence-electron chi connectivity index (χ4n) is 3.09. The van der Waals surface area contributed by atoms with Crippen LogP contribution < -0.4 is 10.2 Å². The minimum Gasteiger partial charge on any atom is -0.406 e. The Hall–Kier alpha value is -3.93. The normalized spacial score (nSPS) is 12.0. The van der Waals surface area contributed by atoms with Crippen molar-refractivity contribution in [2.75, 3.05) is 6.26 Å². The van der Waals surface area contributed by atoms with Crippen LogP contribution in [0.2, 0.25) is 0 Å². The van der Waals surface area contributed by atoms with Gasteiger partial charge in [-0.05, 0) is 36.4 Å². The second-order valence-corrected chi connectivity index (χ2v) is 8.93. The van der Waals surface area contributed by atoms with E-state index in [4.69, 9.17) is 0 Å². The smallest absolute Gasteiger partial charge is 0.406 e. The summed E-state index contributed by atoms with van der Waals surface area (Å²) in [5.74, 6) is -0.447. The van der Waals surface area contributed by atoms with E-state index < -0.39 is 27.4 Å². The van der Waals surface area contributed by atoms with Crippen molar-refractivity contribution >= 4 is 9.84 Å². The number of halogens is 3. The van der Waals surface area contributed by atoms with Crippen molar-refractivity contribution in [3.8, 4) is 28.5 Å². The van der Waals surface area contributed by atoms with Gasteiger partial charge in [0.05, 0.1) is 28.2 Å². The van der Waals surface area contributed by atoms with Crippen LogP contribution in [0.15, 0.2) is 82.7 Å².